The number of rotatable bonds is 2. The number of hydrogen-bond acceptors (Lipinski definition) is 5. The van der Waals surface area contributed by atoms with Gasteiger partial charge in [-0.15, -0.1) is 4.40 Å². The van der Waals surface area contributed by atoms with E-state index in [1.54, 1.807) is 24.3 Å². The van der Waals surface area contributed by atoms with Gasteiger partial charge in [0.1, 0.15) is 10.9 Å². The van der Waals surface area contributed by atoms with Crippen LogP contribution in [0.15, 0.2) is 33.6 Å². The molecule has 7 nitrogen and oxygen atoms in total. The summed E-state index contributed by atoms with van der Waals surface area (Å²) in [6, 6.07) is 6.67. The number of nitrogens with one attached hydrogen (secondary N) is 2. The largest absolute Gasteiger partial charge is 0.351 e. The van der Waals surface area contributed by atoms with Crippen molar-refractivity contribution in [3.63, 3.8) is 0 Å². The molecule has 3 aliphatic rings. The number of sulfonamides is 1. The van der Waals surface area contributed by atoms with Crippen LogP contribution in [0.25, 0.3) is 0 Å². The lowest BCUT2D eigenvalue weighted by Gasteiger charge is -2.29. The summed E-state index contributed by atoms with van der Waals surface area (Å²) in [5, 5.41) is 6.42. The van der Waals surface area contributed by atoms with E-state index in [0.717, 1.165) is 38.8 Å². The Bertz CT molecular complexity index is 815. The van der Waals surface area contributed by atoms with Gasteiger partial charge in [-0.2, -0.15) is 8.42 Å². The summed E-state index contributed by atoms with van der Waals surface area (Å²) in [5.74, 6) is 0.396. The van der Waals surface area contributed by atoms with Crippen LogP contribution in [0.3, 0.4) is 0 Å². The Balaban J connectivity index is 1.57. The molecule has 1 unspecified atom stereocenters. The number of carbonyl (C=O) groups excluding carboxylic acids is 1. The van der Waals surface area contributed by atoms with Crippen molar-refractivity contribution in [2.75, 3.05) is 19.6 Å². The number of likely N-dealkylation sites (tertiary alicyclic amines) is 1. The maximum absolute atomic E-state index is 12.8. The molecule has 1 atom stereocenters. The number of benzene rings is 1. The predicted molar refractivity (Wildman–Crippen MR) is 93.9 cm³/mol. The average Bonchev–Trinajstić information content (AvgIpc) is 3.19. The van der Waals surface area contributed by atoms with Gasteiger partial charge in [-0.1, -0.05) is 12.1 Å². The highest BCUT2D eigenvalue weighted by Crippen LogP contribution is 2.31. The molecular formula is C17H22N4O3S. The quantitative estimate of drug-likeness (QED) is 0.798. The highest BCUT2D eigenvalue weighted by atomic mass is 32.2. The molecule has 0 aliphatic carbocycles. The molecule has 2 fully saturated rings. The minimum atomic E-state index is -3.66. The van der Waals surface area contributed by atoms with Crippen molar-refractivity contribution < 1.29 is 13.2 Å². The summed E-state index contributed by atoms with van der Waals surface area (Å²) in [4.78, 5) is 14.9. The van der Waals surface area contributed by atoms with E-state index >= 15 is 0 Å². The first kappa shape index (κ1) is 16.5. The van der Waals surface area contributed by atoms with Crippen LogP contribution in [0.4, 0.5) is 0 Å². The Morgan fingerprint density at radius 1 is 1.20 bits per heavy atom. The molecule has 0 saturated carbocycles. The summed E-state index contributed by atoms with van der Waals surface area (Å²) in [7, 11) is -3.66. The van der Waals surface area contributed by atoms with Crippen LogP contribution < -0.4 is 10.6 Å². The van der Waals surface area contributed by atoms with Crippen molar-refractivity contribution in [3.05, 3.63) is 29.8 Å². The Hall–Kier alpha value is -1.93. The van der Waals surface area contributed by atoms with E-state index in [2.05, 4.69) is 15.0 Å². The molecule has 0 radical (unpaired) electrons. The zero-order chi connectivity index (χ0) is 17.4. The number of amidine groups is 1. The van der Waals surface area contributed by atoms with Gasteiger partial charge in [0.05, 0.1) is 0 Å². The molecule has 2 N–H and O–H groups in total. The van der Waals surface area contributed by atoms with Crippen molar-refractivity contribution in [3.8, 4) is 0 Å². The summed E-state index contributed by atoms with van der Waals surface area (Å²) >= 11 is 0. The first-order valence-corrected chi connectivity index (χ1v) is 10.2. The summed E-state index contributed by atoms with van der Waals surface area (Å²) in [6.07, 6.45) is 3.43. The first-order chi connectivity index (χ1) is 12.1. The fraction of sp³-hybridized carbons (Fsp3) is 0.529. The number of carbonyl (C=O) groups is 1. The molecule has 8 heteroatoms. The van der Waals surface area contributed by atoms with Crippen molar-refractivity contribution in [1.82, 2.24) is 15.5 Å². The van der Waals surface area contributed by atoms with Gasteiger partial charge < -0.3 is 15.5 Å². The van der Waals surface area contributed by atoms with E-state index in [9.17, 15) is 13.2 Å². The van der Waals surface area contributed by atoms with Crippen LogP contribution in [0.1, 0.15) is 31.2 Å². The number of piperidine rings is 1. The smallest absolute Gasteiger partial charge is 0.285 e. The van der Waals surface area contributed by atoms with Crippen LogP contribution >= 0.6 is 0 Å². The molecule has 1 amide bonds. The normalized spacial score (nSPS) is 25.5. The van der Waals surface area contributed by atoms with Gasteiger partial charge in [0.25, 0.3) is 10.0 Å². The number of amides is 1. The lowest BCUT2D eigenvalue weighted by molar-refractivity contribution is -0.125. The second-order valence-electron chi connectivity index (χ2n) is 6.77. The molecule has 0 bridgehead atoms. The molecule has 134 valence electrons. The number of hydrogen-bond donors (Lipinski definition) is 2. The van der Waals surface area contributed by atoms with Gasteiger partial charge in [0.2, 0.25) is 5.91 Å². The molecule has 0 aromatic heterocycles. The van der Waals surface area contributed by atoms with Gasteiger partial charge in [0, 0.05) is 18.2 Å². The summed E-state index contributed by atoms with van der Waals surface area (Å²) in [5.41, 5.74) is 0.601. The molecule has 25 heavy (non-hydrogen) atoms. The van der Waals surface area contributed by atoms with Crippen LogP contribution in [0, 0.1) is 0 Å². The second kappa shape index (κ2) is 6.42. The van der Waals surface area contributed by atoms with Gasteiger partial charge in [-0.3, -0.25) is 4.79 Å². The molecule has 2 saturated heterocycles. The maximum atomic E-state index is 12.8. The summed E-state index contributed by atoms with van der Waals surface area (Å²) < 4.78 is 28.6. The minimum absolute atomic E-state index is 0.0196. The highest BCUT2D eigenvalue weighted by molar-refractivity contribution is 7.90. The Morgan fingerprint density at radius 3 is 2.76 bits per heavy atom. The fourth-order valence-electron chi connectivity index (χ4n) is 3.85. The minimum Gasteiger partial charge on any atom is -0.351 e. The lowest BCUT2D eigenvalue weighted by atomic mass is 10.1. The summed E-state index contributed by atoms with van der Waals surface area (Å²) in [6.45, 7) is 2.47. The Labute approximate surface area is 147 Å². The van der Waals surface area contributed by atoms with Gasteiger partial charge in [-0.25, -0.2) is 0 Å². The highest BCUT2D eigenvalue weighted by Gasteiger charge is 2.39. The predicted octanol–water partition coefficient (Wildman–Crippen LogP) is 0.468. The van der Waals surface area contributed by atoms with Crippen LogP contribution in [-0.2, 0) is 14.8 Å². The van der Waals surface area contributed by atoms with Crippen LogP contribution in [-0.4, -0.2) is 56.8 Å². The topological polar surface area (TPSA) is 90.9 Å². The molecule has 3 aliphatic heterocycles. The van der Waals surface area contributed by atoms with E-state index in [-0.39, 0.29) is 22.9 Å². The standard InChI is InChI=1S/C17H22N4O3S/c22-17(19-12-7-9-18-10-8-12)14-5-3-11-21(14)16-13-4-1-2-6-15(13)25(23,24)20-16/h1-2,4,6,12,14,18H,3,5,7-11H2,(H,19,22). The molecule has 0 spiro atoms. The van der Waals surface area contributed by atoms with Crippen molar-refractivity contribution >= 4 is 21.8 Å². The maximum Gasteiger partial charge on any atom is 0.285 e. The van der Waals surface area contributed by atoms with Gasteiger partial charge >= 0.3 is 0 Å². The fourth-order valence-corrected chi connectivity index (χ4v) is 5.07. The zero-order valence-electron chi connectivity index (χ0n) is 13.9. The number of nitrogens with zero attached hydrogens (tertiary/aromatic N) is 2. The van der Waals surface area contributed by atoms with Crippen molar-refractivity contribution in [2.24, 2.45) is 4.40 Å². The molecule has 4 rings (SSSR count). The van der Waals surface area contributed by atoms with Crippen molar-refractivity contribution in [1.29, 1.82) is 0 Å². The third-order valence-electron chi connectivity index (χ3n) is 5.13. The van der Waals surface area contributed by atoms with Crippen LogP contribution in [0.2, 0.25) is 0 Å². The van der Waals surface area contributed by atoms with E-state index in [4.69, 9.17) is 0 Å². The van der Waals surface area contributed by atoms with E-state index in [1.807, 2.05) is 4.90 Å². The molecule has 1 aromatic carbocycles. The molecule has 1 aromatic rings. The molecular weight excluding hydrogens is 340 g/mol. The van der Waals surface area contributed by atoms with E-state index in [0.29, 0.717) is 17.9 Å². The van der Waals surface area contributed by atoms with Crippen LogP contribution in [0.5, 0.6) is 0 Å². The third-order valence-corrected chi connectivity index (χ3v) is 6.45. The van der Waals surface area contributed by atoms with Gasteiger partial charge in [-0.05, 0) is 50.9 Å². The SMILES string of the molecule is O=C(NC1CCNCC1)C1CCCN1C1=NS(=O)(=O)c2ccccc21. The molecule has 3 heterocycles. The first-order valence-electron chi connectivity index (χ1n) is 8.78. The number of fused-ring (bicyclic) bond motifs is 1. The lowest BCUT2D eigenvalue weighted by Crippen LogP contribution is -2.51. The monoisotopic (exact) mass is 362 g/mol. The second-order valence-corrected chi connectivity index (χ2v) is 8.34. The Morgan fingerprint density at radius 2 is 1.96 bits per heavy atom. The van der Waals surface area contributed by atoms with E-state index in [1.165, 1.54) is 0 Å². The Kier molecular flexibility index (Phi) is 4.24. The van der Waals surface area contributed by atoms with Crippen molar-refractivity contribution in [2.45, 2.75) is 42.7 Å². The van der Waals surface area contributed by atoms with Gasteiger partial charge in [0.15, 0.2) is 5.84 Å². The zero-order valence-corrected chi connectivity index (χ0v) is 14.8. The average molecular weight is 362 g/mol. The third kappa shape index (κ3) is 3.04. The van der Waals surface area contributed by atoms with E-state index < -0.39 is 10.0 Å².